The first-order valence-electron chi connectivity index (χ1n) is 9.24. The number of nitrogens with zero attached hydrogens (tertiary/aromatic N) is 1. The summed E-state index contributed by atoms with van der Waals surface area (Å²) in [6.07, 6.45) is 1.01. The van der Waals surface area contributed by atoms with Gasteiger partial charge in [0.2, 0.25) is 10.0 Å². The Morgan fingerprint density at radius 3 is 2.69 bits per heavy atom. The van der Waals surface area contributed by atoms with Crippen molar-refractivity contribution >= 4 is 33.2 Å². The Hall–Kier alpha value is -2.00. The first-order chi connectivity index (χ1) is 13.7. The van der Waals surface area contributed by atoms with Gasteiger partial charge in [-0.15, -0.1) is 0 Å². The zero-order valence-electron chi connectivity index (χ0n) is 15.9. The molecule has 0 spiro atoms. The van der Waals surface area contributed by atoms with E-state index >= 15 is 0 Å². The van der Waals surface area contributed by atoms with E-state index in [4.69, 9.17) is 11.6 Å². The highest BCUT2D eigenvalue weighted by molar-refractivity contribution is 7.89. The van der Waals surface area contributed by atoms with Crippen LogP contribution in [0.3, 0.4) is 0 Å². The van der Waals surface area contributed by atoms with Gasteiger partial charge >= 0.3 is 0 Å². The third-order valence-corrected chi connectivity index (χ3v) is 7.23. The number of rotatable bonds is 4. The Labute approximate surface area is 174 Å². The minimum Gasteiger partial charge on any atom is -0.393 e. The second-order valence-corrected chi connectivity index (χ2v) is 9.37. The zero-order valence-corrected chi connectivity index (χ0v) is 17.4. The predicted octanol–water partition coefficient (Wildman–Crippen LogP) is 3.58. The molecule has 1 aliphatic rings. The average molecular weight is 441 g/mol. The number of amides is 1. The van der Waals surface area contributed by atoms with E-state index in [1.54, 1.807) is 13.0 Å². The molecule has 0 aromatic heterocycles. The van der Waals surface area contributed by atoms with Crippen LogP contribution in [0.1, 0.15) is 35.2 Å². The quantitative estimate of drug-likeness (QED) is 0.760. The van der Waals surface area contributed by atoms with Crippen molar-refractivity contribution in [1.82, 2.24) is 4.31 Å². The van der Waals surface area contributed by atoms with Crippen LogP contribution in [0.5, 0.6) is 0 Å². The van der Waals surface area contributed by atoms with E-state index in [1.807, 2.05) is 0 Å². The number of aliphatic hydroxyl groups excluding tert-OH is 1. The van der Waals surface area contributed by atoms with Gasteiger partial charge in [0.1, 0.15) is 5.82 Å². The van der Waals surface area contributed by atoms with Gasteiger partial charge in [-0.1, -0.05) is 17.7 Å². The predicted molar refractivity (Wildman–Crippen MR) is 109 cm³/mol. The molecule has 9 heteroatoms. The van der Waals surface area contributed by atoms with E-state index in [0.717, 1.165) is 6.07 Å². The molecule has 1 unspecified atom stereocenters. The molecular weight excluding hydrogens is 419 g/mol. The maximum atomic E-state index is 13.3. The summed E-state index contributed by atoms with van der Waals surface area (Å²) < 4.78 is 40.9. The number of hydrogen-bond donors (Lipinski definition) is 2. The Kier molecular flexibility index (Phi) is 6.58. The molecule has 156 valence electrons. The number of carbonyl (C=O) groups excluding carboxylic acids is 1. The molecule has 1 atom stereocenters. The van der Waals surface area contributed by atoms with Crippen molar-refractivity contribution in [2.45, 2.75) is 37.2 Å². The van der Waals surface area contributed by atoms with Crippen molar-refractivity contribution in [2.24, 2.45) is 0 Å². The average Bonchev–Trinajstić information content (AvgIpc) is 2.90. The van der Waals surface area contributed by atoms with Crippen molar-refractivity contribution in [1.29, 1.82) is 0 Å². The first kappa shape index (κ1) is 21.7. The molecule has 2 aromatic rings. The Balaban J connectivity index is 1.86. The smallest absolute Gasteiger partial charge is 0.255 e. The Morgan fingerprint density at radius 2 is 1.97 bits per heavy atom. The molecule has 1 saturated heterocycles. The van der Waals surface area contributed by atoms with E-state index in [0.29, 0.717) is 37.1 Å². The van der Waals surface area contributed by atoms with Gasteiger partial charge < -0.3 is 10.4 Å². The molecule has 0 radical (unpaired) electrons. The van der Waals surface area contributed by atoms with Crippen molar-refractivity contribution in [3.63, 3.8) is 0 Å². The maximum Gasteiger partial charge on any atom is 0.255 e. The molecule has 1 aliphatic heterocycles. The normalized spacial score (nSPS) is 18.3. The van der Waals surface area contributed by atoms with Gasteiger partial charge in [0, 0.05) is 24.3 Å². The van der Waals surface area contributed by atoms with Crippen LogP contribution in [0.25, 0.3) is 0 Å². The van der Waals surface area contributed by atoms with Crippen LogP contribution < -0.4 is 5.32 Å². The highest BCUT2D eigenvalue weighted by Crippen LogP contribution is 2.25. The minimum absolute atomic E-state index is 0.0543. The molecular formula is C20H22ClFN2O4S. The summed E-state index contributed by atoms with van der Waals surface area (Å²) in [6, 6.07) is 8.23. The number of nitrogens with one attached hydrogen (secondary N) is 1. The molecule has 0 aliphatic carbocycles. The number of aryl methyl sites for hydroxylation is 1. The summed E-state index contributed by atoms with van der Waals surface area (Å²) in [5.41, 5.74) is 0.980. The molecule has 0 saturated carbocycles. The van der Waals surface area contributed by atoms with Crippen molar-refractivity contribution in [2.75, 3.05) is 18.4 Å². The molecule has 2 N–H and O–H groups in total. The van der Waals surface area contributed by atoms with Gasteiger partial charge in [-0.3, -0.25) is 4.79 Å². The van der Waals surface area contributed by atoms with Crippen LogP contribution in [0, 0.1) is 12.7 Å². The van der Waals surface area contributed by atoms with Crippen molar-refractivity contribution < 1.29 is 22.7 Å². The zero-order chi connectivity index (χ0) is 21.2. The second-order valence-electron chi connectivity index (χ2n) is 7.05. The lowest BCUT2D eigenvalue weighted by Crippen LogP contribution is -2.33. The number of anilines is 1. The summed E-state index contributed by atoms with van der Waals surface area (Å²) in [4.78, 5) is 12.6. The van der Waals surface area contributed by atoms with E-state index in [9.17, 15) is 22.7 Å². The largest absolute Gasteiger partial charge is 0.393 e. The lowest BCUT2D eigenvalue weighted by Gasteiger charge is -2.21. The van der Waals surface area contributed by atoms with Gasteiger partial charge in [-0.2, -0.15) is 4.31 Å². The van der Waals surface area contributed by atoms with E-state index < -0.39 is 27.9 Å². The van der Waals surface area contributed by atoms with Gasteiger partial charge in [-0.25, -0.2) is 12.8 Å². The monoisotopic (exact) mass is 440 g/mol. The summed E-state index contributed by atoms with van der Waals surface area (Å²) in [5, 5.41) is 12.2. The van der Waals surface area contributed by atoms with E-state index in [2.05, 4.69) is 5.32 Å². The number of benzene rings is 2. The number of hydrogen-bond acceptors (Lipinski definition) is 4. The number of carbonyl (C=O) groups is 1. The third kappa shape index (κ3) is 4.95. The standard InChI is InChI=1S/C20H22ClFN2O4S/c1-13-4-5-14(20(26)23-15-6-7-18(22)17(21)12-15)11-19(13)29(27,28)24-9-2-3-16(25)8-10-24/h4-7,11-12,16,25H,2-3,8-10H2,1H3,(H,23,26). The molecule has 0 bridgehead atoms. The summed E-state index contributed by atoms with van der Waals surface area (Å²) in [5.74, 6) is -1.13. The maximum absolute atomic E-state index is 13.3. The molecule has 2 aromatic carbocycles. The van der Waals surface area contributed by atoms with Crippen LogP contribution in [-0.2, 0) is 10.0 Å². The fraction of sp³-hybridized carbons (Fsp3) is 0.350. The van der Waals surface area contributed by atoms with Gasteiger partial charge in [-0.05, 0) is 62.1 Å². The lowest BCUT2D eigenvalue weighted by atomic mass is 10.1. The topological polar surface area (TPSA) is 86.7 Å². The van der Waals surface area contributed by atoms with E-state index in [1.165, 1.54) is 28.6 Å². The number of sulfonamides is 1. The highest BCUT2D eigenvalue weighted by Gasteiger charge is 2.29. The molecule has 29 heavy (non-hydrogen) atoms. The highest BCUT2D eigenvalue weighted by atomic mass is 35.5. The SMILES string of the molecule is Cc1ccc(C(=O)Nc2ccc(F)c(Cl)c2)cc1S(=O)(=O)N1CCCC(O)CC1. The van der Waals surface area contributed by atoms with Crippen LogP contribution in [-0.4, -0.2) is 42.9 Å². The van der Waals surface area contributed by atoms with Gasteiger partial charge in [0.05, 0.1) is 16.0 Å². The first-order valence-corrected chi connectivity index (χ1v) is 11.1. The lowest BCUT2D eigenvalue weighted by molar-refractivity contribution is 0.102. The summed E-state index contributed by atoms with van der Waals surface area (Å²) in [6.45, 7) is 2.22. The second kappa shape index (κ2) is 8.79. The summed E-state index contributed by atoms with van der Waals surface area (Å²) in [7, 11) is -3.81. The molecule has 1 amide bonds. The Bertz CT molecular complexity index is 1030. The number of halogens is 2. The molecule has 3 rings (SSSR count). The van der Waals surface area contributed by atoms with Gasteiger partial charge in [0.25, 0.3) is 5.91 Å². The van der Waals surface area contributed by atoms with Crippen LogP contribution in [0.4, 0.5) is 10.1 Å². The minimum atomic E-state index is -3.81. The van der Waals surface area contributed by atoms with Crippen molar-refractivity contribution in [3.05, 3.63) is 58.4 Å². The van der Waals surface area contributed by atoms with Crippen molar-refractivity contribution in [3.8, 4) is 0 Å². The Morgan fingerprint density at radius 1 is 1.21 bits per heavy atom. The third-order valence-electron chi connectivity index (χ3n) is 4.90. The van der Waals surface area contributed by atoms with Gasteiger partial charge in [0.15, 0.2) is 0 Å². The number of aliphatic hydroxyl groups is 1. The molecule has 1 heterocycles. The molecule has 1 fully saturated rings. The van der Waals surface area contributed by atoms with Crippen LogP contribution in [0.2, 0.25) is 5.02 Å². The van der Waals surface area contributed by atoms with Crippen LogP contribution in [0.15, 0.2) is 41.3 Å². The fourth-order valence-corrected chi connectivity index (χ4v) is 5.15. The molecule has 6 nitrogen and oxygen atoms in total. The van der Waals surface area contributed by atoms with E-state index in [-0.39, 0.29) is 22.0 Å². The fourth-order valence-electron chi connectivity index (χ4n) is 3.23. The summed E-state index contributed by atoms with van der Waals surface area (Å²) >= 11 is 5.73. The van der Waals surface area contributed by atoms with Crippen LogP contribution >= 0.6 is 11.6 Å².